The van der Waals surface area contributed by atoms with Crippen LogP contribution in [0.25, 0.3) is 0 Å². The quantitative estimate of drug-likeness (QED) is 0.178. The predicted molar refractivity (Wildman–Crippen MR) is 161 cm³/mol. The van der Waals surface area contributed by atoms with Gasteiger partial charge in [0, 0.05) is 0 Å². The van der Waals surface area contributed by atoms with Gasteiger partial charge in [-0.3, -0.25) is 0 Å². The van der Waals surface area contributed by atoms with Crippen molar-refractivity contribution >= 4 is 7.82 Å². The van der Waals surface area contributed by atoms with Gasteiger partial charge in [-0.1, -0.05) is 48.5 Å². The first-order valence-corrected chi connectivity index (χ1v) is 15.2. The Bertz CT molecular complexity index is 1370. The molecular formula is C34H38NaO6P. The number of rotatable bonds is 12. The van der Waals surface area contributed by atoms with Gasteiger partial charge in [-0.25, -0.2) is 4.57 Å². The van der Waals surface area contributed by atoms with E-state index in [0.29, 0.717) is 11.5 Å². The second-order valence-electron chi connectivity index (χ2n) is 10.4. The topological polar surface area (TPSA) is 77.1 Å². The minimum absolute atomic E-state index is 0. The number of phosphoric ester groups is 1. The third-order valence-corrected chi connectivity index (χ3v) is 7.98. The van der Waals surface area contributed by atoms with Crippen molar-refractivity contribution in [3.05, 3.63) is 117 Å². The van der Waals surface area contributed by atoms with E-state index in [9.17, 15) is 9.46 Å². The maximum absolute atomic E-state index is 13.0. The van der Waals surface area contributed by atoms with Crippen LogP contribution in [-0.2, 0) is 30.2 Å². The Hall–Kier alpha value is -2.73. The van der Waals surface area contributed by atoms with Crippen LogP contribution in [0.15, 0.2) is 72.8 Å². The van der Waals surface area contributed by atoms with Gasteiger partial charge in [0.2, 0.25) is 0 Å². The number of methoxy groups -OCH3 is 2. The Morgan fingerprint density at radius 3 is 1.12 bits per heavy atom. The van der Waals surface area contributed by atoms with Crippen molar-refractivity contribution in [1.82, 2.24) is 0 Å². The second kappa shape index (κ2) is 15.1. The molecule has 0 N–H and O–H groups in total. The van der Waals surface area contributed by atoms with E-state index < -0.39 is 7.82 Å². The first kappa shape index (κ1) is 33.8. The normalized spacial score (nSPS) is 11.0. The summed E-state index contributed by atoms with van der Waals surface area (Å²) in [6.45, 7) is 7.42. The molecule has 8 heteroatoms. The van der Waals surface area contributed by atoms with Crippen LogP contribution in [0.1, 0.15) is 44.5 Å². The summed E-state index contributed by atoms with van der Waals surface area (Å²) in [5.41, 5.74) is 7.62. The van der Waals surface area contributed by atoms with Gasteiger partial charge < -0.3 is 23.4 Å². The summed E-state index contributed by atoms with van der Waals surface area (Å²) in [5, 5.41) is 0. The zero-order valence-electron chi connectivity index (χ0n) is 25.7. The van der Waals surface area contributed by atoms with Crippen LogP contribution in [-0.4, -0.2) is 14.2 Å². The Morgan fingerprint density at radius 2 is 0.833 bits per heavy atom. The molecule has 0 bridgehead atoms. The third kappa shape index (κ3) is 9.13. The van der Waals surface area contributed by atoms with Crippen LogP contribution >= 0.6 is 7.82 Å². The maximum atomic E-state index is 13.0. The van der Waals surface area contributed by atoms with Gasteiger partial charge in [0.15, 0.2) is 0 Å². The van der Waals surface area contributed by atoms with Gasteiger partial charge in [-0.2, -0.15) is 0 Å². The zero-order valence-corrected chi connectivity index (χ0v) is 28.5. The summed E-state index contributed by atoms with van der Waals surface area (Å²) >= 11 is 0. The summed E-state index contributed by atoms with van der Waals surface area (Å²) < 4.78 is 34.5. The van der Waals surface area contributed by atoms with Crippen LogP contribution in [0.4, 0.5) is 0 Å². The first-order valence-electron chi connectivity index (χ1n) is 13.7. The van der Waals surface area contributed by atoms with Crippen LogP contribution in [0.3, 0.4) is 0 Å². The maximum Gasteiger partial charge on any atom is 1.00 e. The molecule has 4 aromatic rings. The molecule has 4 rings (SSSR count). The van der Waals surface area contributed by atoms with Crippen LogP contribution in [0.2, 0.25) is 0 Å². The Labute approximate surface area is 271 Å². The molecule has 6 nitrogen and oxygen atoms in total. The molecule has 0 fully saturated rings. The monoisotopic (exact) mass is 596 g/mol. The van der Waals surface area contributed by atoms with Crippen LogP contribution < -0.4 is 53.0 Å². The number of aryl methyl sites for hydroxylation is 8. The van der Waals surface area contributed by atoms with Gasteiger partial charge >= 0.3 is 37.4 Å². The summed E-state index contributed by atoms with van der Waals surface area (Å²) in [7, 11) is -1.38. The molecule has 0 atom stereocenters. The summed E-state index contributed by atoms with van der Waals surface area (Å²) in [6.07, 6.45) is 3.37. The molecule has 42 heavy (non-hydrogen) atoms. The molecule has 0 aliphatic carbocycles. The molecular weight excluding hydrogens is 558 g/mol. The largest absolute Gasteiger partial charge is 1.00 e. The minimum atomic E-state index is -4.69. The van der Waals surface area contributed by atoms with Gasteiger partial charge in [-0.05, 0) is 122 Å². The van der Waals surface area contributed by atoms with Gasteiger partial charge in [-0.15, -0.1) is 0 Å². The molecule has 0 aliphatic rings. The standard InChI is InChI=1S/C34H39O6P.Na/c1-23-19-29(9-7-27-11-15-31(37-5)16-12-27)20-24(2)33(23)39-41(35,36)40-34-25(3)21-30(22-26(34)4)10-8-28-13-17-32(38-6)18-14-28;/h11-22H,7-10H2,1-6H3,(H,35,36);/q;+1/p-1. The van der Waals surface area contributed by atoms with E-state index in [0.717, 1.165) is 70.6 Å². The van der Waals surface area contributed by atoms with Crippen LogP contribution in [0, 0.1) is 27.7 Å². The van der Waals surface area contributed by atoms with Crippen molar-refractivity contribution in [2.75, 3.05) is 14.2 Å². The third-order valence-electron chi connectivity index (χ3n) is 7.17. The summed E-state index contributed by atoms with van der Waals surface area (Å²) in [4.78, 5) is 13.0. The molecule has 0 amide bonds. The van der Waals surface area contributed by atoms with E-state index in [-0.39, 0.29) is 29.6 Å². The first-order chi connectivity index (χ1) is 19.6. The van der Waals surface area contributed by atoms with Gasteiger partial charge in [0.05, 0.1) is 14.2 Å². The van der Waals surface area contributed by atoms with E-state index in [1.54, 1.807) is 14.2 Å². The van der Waals surface area contributed by atoms with E-state index in [4.69, 9.17) is 18.5 Å². The number of phosphoric acid groups is 1. The number of benzene rings is 4. The smallest absolute Gasteiger partial charge is 0.736 e. The molecule has 0 unspecified atom stereocenters. The fourth-order valence-corrected chi connectivity index (χ4v) is 6.12. The molecule has 0 aromatic heterocycles. The predicted octanol–water partition coefficient (Wildman–Crippen LogP) is 4.44. The van der Waals surface area contributed by atoms with Crippen molar-refractivity contribution in [3.63, 3.8) is 0 Å². The molecule has 0 saturated carbocycles. The molecule has 0 radical (unpaired) electrons. The second-order valence-corrected chi connectivity index (χ2v) is 11.7. The average molecular weight is 597 g/mol. The molecule has 0 heterocycles. The van der Waals surface area contributed by atoms with Crippen molar-refractivity contribution in [1.29, 1.82) is 0 Å². The molecule has 0 aliphatic heterocycles. The number of ether oxygens (including phenoxy) is 2. The fraction of sp³-hybridized carbons (Fsp3) is 0.294. The fourth-order valence-electron chi connectivity index (χ4n) is 5.06. The van der Waals surface area contributed by atoms with Crippen molar-refractivity contribution in [2.45, 2.75) is 53.4 Å². The Kier molecular flexibility index (Phi) is 12.2. The van der Waals surface area contributed by atoms with Crippen molar-refractivity contribution < 1.29 is 57.5 Å². The molecule has 0 spiro atoms. The van der Waals surface area contributed by atoms with Gasteiger partial charge in [0.25, 0.3) is 0 Å². The zero-order chi connectivity index (χ0) is 29.6. The Morgan fingerprint density at radius 1 is 0.548 bits per heavy atom. The molecule has 216 valence electrons. The molecule has 4 aromatic carbocycles. The van der Waals surface area contributed by atoms with E-state index >= 15 is 0 Å². The van der Waals surface area contributed by atoms with E-state index in [1.807, 2.05) is 76.2 Å². The Balaban J connectivity index is 0.00000484. The number of hydrogen-bond acceptors (Lipinski definition) is 6. The van der Waals surface area contributed by atoms with E-state index in [2.05, 4.69) is 24.3 Å². The van der Waals surface area contributed by atoms with Crippen molar-refractivity contribution in [3.8, 4) is 23.0 Å². The summed E-state index contributed by atoms with van der Waals surface area (Å²) in [5.74, 6) is 2.28. The minimum Gasteiger partial charge on any atom is -0.736 e. The van der Waals surface area contributed by atoms with Gasteiger partial charge in [0.1, 0.15) is 23.0 Å². The van der Waals surface area contributed by atoms with Crippen molar-refractivity contribution in [2.24, 2.45) is 0 Å². The number of hydrogen-bond donors (Lipinski definition) is 0. The molecule has 0 saturated heterocycles. The summed E-state index contributed by atoms with van der Waals surface area (Å²) in [6, 6.07) is 23.9. The van der Waals surface area contributed by atoms with Crippen LogP contribution in [0.5, 0.6) is 23.0 Å². The SMILES string of the molecule is COc1ccc(CCc2cc(C)c(OP(=O)([O-])Oc3c(C)cc(CCc4ccc(OC)cc4)cc3C)c(C)c2)cc1.[Na+]. The average Bonchev–Trinajstić information content (AvgIpc) is 2.95. The van der Waals surface area contributed by atoms with E-state index in [1.165, 1.54) is 11.1 Å².